The summed E-state index contributed by atoms with van der Waals surface area (Å²) in [6, 6.07) is 5.86. The standard InChI is InChI=1S/C15H17FN4O.C2HF3O2/c16-13-2-3-14(21)12(10-13)11-19-6-8-20(9-7-19)15-17-4-1-5-18-15;3-2(4,5)1(6)7/h1-5,10,21H,6-9,11H2;(H,6,7). The Bertz CT molecular complexity index is 782. The van der Waals surface area contributed by atoms with E-state index >= 15 is 0 Å². The first-order valence-corrected chi connectivity index (χ1v) is 8.18. The van der Waals surface area contributed by atoms with Crippen molar-refractivity contribution in [2.75, 3.05) is 31.1 Å². The smallest absolute Gasteiger partial charge is 0.490 e. The van der Waals surface area contributed by atoms with Crippen LogP contribution in [0.1, 0.15) is 5.56 Å². The number of phenols is 1. The Hall–Kier alpha value is -2.95. The maximum absolute atomic E-state index is 13.2. The number of carboxylic acid groups (broad SMARTS) is 1. The van der Waals surface area contributed by atoms with Crippen LogP contribution < -0.4 is 4.90 Å². The van der Waals surface area contributed by atoms with Crippen molar-refractivity contribution in [3.05, 3.63) is 48.0 Å². The van der Waals surface area contributed by atoms with Crippen molar-refractivity contribution >= 4 is 11.9 Å². The van der Waals surface area contributed by atoms with Gasteiger partial charge in [0.1, 0.15) is 11.6 Å². The molecule has 28 heavy (non-hydrogen) atoms. The molecule has 0 bridgehead atoms. The van der Waals surface area contributed by atoms with E-state index in [2.05, 4.69) is 19.8 Å². The number of benzene rings is 1. The van der Waals surface area contributed by atoms with Gasteiger partial charge < -0.3 is 15.1 Å². The van der Waals surface area contributed by atoms with E-state index in [0.29, 0.717) is 12.1 Å². The van der Waals surface area contributed by atoms with Gasteiger partial charge in [0, 0.05) is 50.7 Å². The average Bonchev–Trinajstić information content (AvgIpc) is 2.66. The number of carbonyl (C=O) groups is 1. The zero-order chi connectivity index (χ0) is 20.7. The minimum Gasteiger partial charge on any atom is -0.508 e. The van der Waals surface area contributed by atoms with Crippen LogP contribution in [0, 0.1) is 5.82 Å². The second kappa shape index (κ2) is 9.31. The molecule has 0 unspecified atom stereocenters. The van der Waals surface area contributed by atoms with Crippen LogP contribution in [0.4, 0.5) is 23.5 Å². The number of hydrogen-bond acceptors (Lipinski definition) is 6. The Balaban J connectivity index is 0.000000345. The van der Waals surface area contributed by atoms with Crippen LogP contribution in [-0.4, -0.2) is 63.4 Å². The molecule has 1 aromatic heterocycles. The third kappa shape index (κ3) is 6.34. The van der Waals surface area contributed by atoms with E-state index in [-0.39, 0.29) is 11.6 Å². The summed E-state index contributed by atoms with van der Waals surface area (Å²) in [7, 11) is 0. The number of rotatable bonds is 3. The van der Waals surface area contributed by atoms with E-state index < -0.39 is 12.1 Å². The third-order valence-electron chi connectivity index (χ3n) is 3.89. The van der Waals surface area contributed by atoms with E-state index in [1.165, 1.54) is 18.2 Å². The SMILES string of the molecule is O=C(O)C(F)(F)F.Oc1ccc(F)cc1CN1CCN(c2ncccn2)CC1. The topological polar surface area (TPSA) is 89.8 Å². The lowest BCUT2D eigenvalue weighted by Gasteiger charge is -2.34. The highest BCUT2D eigenvalue weighted by atomic mass is 19.4. The molecule has 1 aliphatic heterocycles. The summed E-state index contributed by atoms with van der Waals surface area (Å²) >= 11 is 0. The molecule has 1 aliphatic rings. The van der Waals surface area contributed by atoms with Crippen LogP contribution in [0.5, 0.6) is 5.75 Å². The second-order valence-corrected chi connectivity index (χ2v) is 5.89. The van der Waals surface area contributed by atoms with E-state index in [0.717, 1.165) is 32.1 Å². The predicted octanol–water partition coefficient (Wildman–Crippen LogP) is 2.28. The predicted molar refractivity (Wildman–Crippen MR) is 91.3 cm³/mol. The fourth-order valence-corrected chi connectivity index (χ4v) is 2.48. The maximum Gasteiger partial charge on any atom is 0.490 e. The van der Waals surface area contributed by atoms with Gasteiger partial charge in [0.25, 0.3) is 0 Å². The maximum atomic E-state index is 13.2. The fourth-order valence-electron chi connectivity index (χ4n) is 2.48. The average molecular weight is 402 g/mol. The number of aromatic nitrogens is 2. The number of aromatic hydroxyl groups is 1. The lowest BCUT2D eigenvalue weighted by molar-refractivity contribution is -0.192. The van der Waals surface area contributed by atoms with Gasteiger partial charge in [-0.1, -0.05) is 0 Å². The molecule has 0 radical (unpaired) electrons. The lowest BCUT2D eigenvalue weighted by atomic mass is 10.1. The Morgan fingerprint density at radius 1 is 1.11 bits per heavy atom. The monoisotopic (exact) mass is 402 g/mol. The van der Waals surface area contributed by atoms with E-state index in [4.69, 9.17) is 9.90 Å². The number of piperazine rings is 1. The first kappa shape index (κ1) is 21.4. The highest BCUT2D eigenvalue weighted by molar-refractivity contribution is 5.73. The molecule has 0 atom stereocenters. The van der Waals surface area contributed by atoms with Gasteiger partial charge in [0.05, 0.1) is 0 Å². The van der Waals surface area contributed by atoms with Crippen molar-refractivity contribution in [2.45, 2.75) is 12.7 Å². The van der Waals surface area contributed by atoms with Gasteiger partial charge in [0.15, 0.2) is 0 Å². The number of phenolic OH excluding ortho intramolecular Hbond substituents is 1. The molecule has 0 aliphatic carbocycles. The minimum absolute atomic E-state index is 0.144. The summed E-state index contributed by atoms with van der Waals surface area (Å²) in [4.78, 5) is 21.7. The molecule has 2 heterocycles. The molecule has 3 rings (SSSR count). The Morgan fingerprint density at radius 2 is 1.68 bits per heavy atom. The molecule has 0 amide bonds. The molecule has 1 saturated heterocycles. The van der Waals surface area contributed by atoms with Crippen molar-refractivity contribution in [3.8, 4) is 5.75 Å². The molecule has 2 N–H and O–H groups in total. The molecule has 1 aromatic carbocycles. The zero-order valence-corrected chi connectivity index (χ0v) is 14.6. The van der Waals surface area contributed by atoms with Gasteiger partial charge in [-0.3, -0.25) is 4.90 Å². The molecule has 0 spiro atoms. The molecule has 152 valence electrons. The van der Waals surface area contributed by atoms with Crippen molar-refractivity contribution < 1.29 is 32.6 Å². The summed E-state index contributed by atoms with van der Waals surface area (Å²) in [5.41, 5.74) is 0.624. The first-order chi connectivity index (χ1) is 13.2. The largest absolute Gasteiger partial charge is 0.508 e. The van der Waals surface area contributed by atoms with Crippen molar-refractivity contribution in [1.82, 2.24) is 14.9 Å². The van der Waals surface area contributed by atoms with E-state index in [1.54, 1.807) is 18.5 Å². The molecule has 7 nitrogen and oxygen atoms in total. The normalized spacial score (nSPS) is 14.9. The molecule has 2 aromatic rings. The van der Waals surface area contributed by atoms with Crippen LogP contribution in [0.3, 0.4) is 0 Å². The van der Waals surface area contributed by atoms with E-state index in [1.807, 2.05) is 0 Å². The number of alkyl halides is 3. The van der Waals surface area contributed by atoms with Crippen LogP contribution in [-0.2, 0) is 11.3 Å². The number of carboxylic acids is 1. The third-order valence-corrected chi connectivity index (χ3v) is 3.89. The lowest BCUT2D eigenvalue weighted by Crippen LogP contribution is -2.46. The number of aliphatic carboxylic acids is 1. The van der Waals surface area contributed by atoms with Crippen LogP contribution in [0.25, 0.3) is 0 Å². The summed E-state index contributed by atoms with van der Waals surface area (Å²) in [6.07, 6.45) is -1.61. The second-order valence-electron chi connectivity index (χ2n) is 5.89. The van der Waals surface area contributed by atoms with Crippen molar-refractivity contribution in [3.63, 3.8) is 0 Å². The van der Waals surface area contributed by atoms with Crippen LogP contribution >= 0.6 is 0 Å². The highest BCUT2D eigenvalue weighted by Gasteiger charge is 2.38. The molecular weight excluding hydrogens is 384 g/mol. The quantitative estimate of drug-likeness (QED) is 0.762. The Kier molecular flexibility index (Phi) is 7.10. The molecule has 11 heteroatoms. The summed E-state index contributed by atoms with van der Waals surface area (Å²) in [5.74, 6) is -2.19. The van der Waals surface area contributed by atoms with Gasteiger partial charge in [-0.2, -0.15) is 13.2 Å². The molecule has 0 saturated carbocycles. The highest BCUT2D eigenvalue weighted by Crippen LogP contribution is 2.21. The summed E-state index contributed by atoms with van der Waals surface area (Å²) in [5, 5.41) is 16.9. The van der Waals surface area contributed by atoms with Crippen molar-refractivity contribution in [1.29, 1.82) is 0 Å². The van der Waals surface area contributed by atoms with Gasteiger partial charge in [-0.05, 0) is 24.3 Å². The zero-order valence-electron chi connectivity index (χ0n) is 14.6. The van der Waals surface area contributed by atoms with Crippen LogP contribution in [0.2, 0.25) is 0 Å². The molecule has 1 fully saturated rings. The first-order valence-electron chi connectivity index (χ1n) is 8.18. The van der Waals surface area contributed by atoms with Crippen LogP contribution in [0.15, 0.2) is 36.7 Å². The number of nitrogens with zero attached hydrogens (tertiary/aromatic N) is 4. The van der Waals surface area contributed by atoms with E-state index in [9.17, 15) is 22.7 Å². The number of hydrogen-bond donors (Lipinski definition) is 2. The van der Waals surface area contributed by atoms with Gasteiger partial charge in [-0.25, -0.2) is 19.2 Å². The van der Waals surface area contributed by atoms with Crippen molar-refractivity contribution in [2.24, 2.45) is 0 Å². The number of anilines is 1. The number of halogens is 4. The summed E-state index contributed by atoms with van der Waals surface area (Å²) in [6.45, 7) is 3.84. The molecular formula is C17H18F4N4O3. The van der Waals surface area contributed by atoms with Gasteiger partial charge >= 0.3 is 12.1 Å². The van der Waals surface area contributed by atoms with Gasteiger partial charge in [0.2, 0.25) is 5.95 Å². The van der Waals surface area contributed by atoms with Gasteiger partial charge in [-0.15, -0.1) is 0 Å². The summed E-state index contributed by atoms with van der Waals surface area (Å²) < 4.78 is 45.0. The fraction of sp³-hybridized carbons (Fsp3) is 0.353. The minimum atomic E-state index is -5.08. The Labute approximate surface area is 157 Å². The Morgan fingerprint density at radius 3 is 2.21 bits per heavy atom.